The van der Waals surface area contributed by atoms with E-state index >= 15 is 0 Å². The van der Waals surface area contributed by atoms with E-state index < -0.39 is 0 Å². The molecule has 0 bridgehead atoms. The van der Waals surface area contributed by atoms with Crippen LogP contribution in [0.25, 0.3) is 22.3 Å². The molecule has 3 aromatic rings. The molecule has 0 spiro atoms. The molecule has 0 radical (unpaired) electrons. The van der Waals surface area contributed by atoms with Crippen molar-refractivity contribution in [2.24, 2.45) is 0 Å². The van der Waals surface area contributed by atoms with Crippen LogP contribution in [0.15, 0.2) is 29.9 Å². The van der Waals surface area contributed by atoms with Crippen molar-refractivity contribution in [3.63, 3.8) is 0 Å². The van der Waals surface area contributed by atoms with E-state index in [9.17, 15) is 4.79 Å². The molecule has 1 saturated heterocycles. The minimum atomic E-state index is 0.161. The lowest BCUT2D eigenvalue weighted by Gasteiger charge is -2.30. The second-order valence-corrected chi connectivity index (χ2v) is 6.87. The number of likely N-dealkylation sites (tertiary alicyclic amines) is 1. The summed E-state index contributed by atoms with van der Waals surface area (Å²) in [5.74, 6) is 0.518. The molecular formula is C17H18N4OS. The number of aromatic amines is 1. The highest BCUT2D eigenvalue weighted by atomic mass is 32.1. The molecule has 3 aromatic heterocycles. The van der Waals surface area contributed by atoms with Gasteiger partial charge in [-0.05, 0) is 25.0 Å². The Bertz CT molecular complexity index is 853. The van der Waals surface area contributed by atoms with Crippen molar-refractivity contribution >= 4 is 28.3 Å². The maximum atomic E-state index is 11.6. The monoisotopic (exact) mass is 326 g/mol. The predicted molar refractivity (Wildman–Crippen MR) is 91.4 cm³/mol. The number of amides is 1. The van der Waals surface area contributed by atoms with Crippen LogP contribution in [-0.2, 0) is 4.79 Å². The number of rotatable bonds is 2. The van der Waals surface area contributed by atoms with Gasteiger partial charge in [-0.25, -0.2) is 9.97 Å². The second-order valence-electron chi connectivity index (χ2n) is 5.98. The van der Waals surface area contributed by atoms with Crippen LogP contribution < -0.4 is 0 Å². The minimum Gasteiger partial charge on any atom is -0.345 e. The Morgan fingerprint density at radius 2 is 2.39 bits per heavy atom. The van der Waals surface area contributed by atoms with Gasteiger partial charge < -0.3 is 9.88 Å². The molecule has 1 N–H and O–H groups in total. The van der Waals surface area contributed by atoms with Crippen LogP contribution in [0.1, 0.15) is 30.7 Å². The summed E-state index contributed by atoms with van der Waals surface area (Å²) in [4.78, 5) is 25.9. The zero-order valence-corrected chi connectivity index (χ0v) is 13.8. The maximum absolute atomic E-state index is 11.6. The lowest BCUT2D eigenvalue weighted by molar-refractivity contribution is -0.130. The zero-order valence-electron chi connectivity index (χ0n) is 13.0. The molecule has 118 valence electrons. The average Bonchev–Trinajstić information content (AvgIpc) is 3.21. The second kappa shape index (κ2) is 5.77. The number of nitrogens with one attached hydrogen (secondary N) is 1. The number of fused-ring (bicyclic) bond motifs is 1. The summed E-state index contributed by atoms with van der Waals surface area (Å²) >= 11 is 1.69. The Morgan fingerprint density at radius 1 is 1.48 bits per heavy atom. The van der Waals surface area contributed by atoms with Crippen LogP contribution in [-0.4, -0.2) is 38.8 Å². The first kappa shape index (κ1) is 14.4. The van der Waals surface area contributed by atoms with Crippen molar-refractivity contribution in [1.29, 1.82) is 0 Å². The number of carbonyl (C=O) groups excluding carboxylic acids is 1. The van der Waals surface area contributed by atoms with Crippen LogP contribution in [0, 0.1) is 0 Å². The van der Waals surface area contributed by atoms with E-state index in [2.05, 4.69) is 21.4 Å². The Balaban J connectivity index is 1.63. The molecule has 1 aliphatic heterocycles. The third-order valence-electron chi connectivity index (χ3n) is 4.46. The Hall–Kier alpha value is -2.21. The number of aromatic nitrogens is 3. The number of carbonyl (C=O) groups is 1. The summed E-state index contributed by atoms with van der Waals surface area (Å²) < 4.78 is 0. The van der Waals surface area contributed by atoms with Gasteiger partial charge in [-0.1, -0.05) is 0 Å². The topological polar surface area (TPSA) is 61.9 Å². The third-order valence-corrected chi connectivity index (χ3v) is 5.47. The molecule has 1 atom stereocenters. The predicted octanol–water partition coefficient (Wildman–Crippen LogP) is 3.41. The van der Waals surface area contributed by atoms with E-state index in [1.807, 2.05) is 17.2 Å². The van der Waals surface area contributed by atoms with E-state index in [0.29, 0.717) is 5.92 Å². The summed E-state index contributed by atoms with van der Waals surface area (Å²) in [7, 11) is 0. The van der Waals surface area contributed by atoms with Crippen LogP contribution in [0.2, 0.25) is 0 Å². The highest BCUT2D eigenvalue weighted by Gasteiger charge is 2.25. The Kier molecular flexibility index (Phi) is 3.61. The maximum Gasteiger partial charge on any atom is 0.219 e. The molecule has 0 saturated carbocycles. The first-order valence-electron chi connectivity index (χ1n) is 7.86. The van der Waals surface area contributed by atoms with E-state index in [4.69, 9.17) is 4.98 Å². The zero-order chi connectivity index (χ0) is 15.8. The van der Waals surface area contributed by atoms with Gasteiger partial charge in [-0.2, -0.15) is 0 Å². The number of thiazole rings is 1. The van der Waals surface area contributed by atoms with Gasteiger partial charge in [-0.3, -0.25) is 4.79 Å². The van der Waals surface area contributed by atoms with Gasteiger partial charge in [0.15, 0.2) is 0 Å². The SMILES string of the molecule is CC(=O)N1CCC[C@@H](c2nc(-c3c[nH]c4ncccc34)cs2)C1. The first-order valence-corrected chi connectivity index (χ1v) is 8.74. The lowest BCUT2D eigenvalue weighted by atomic mass is 9.98. The highest BCUT2D eigenvalue weighted by Crippen LogP contribution is 2.34. The molecule has 1 aliphatic rings. The number of pyridine rings is 1. The van der Waals surface area contributed by atoms with Crippen molar-refractivity contribution < 1.29 is 4.79 Å². The molecular weight excluding hydrogens is 308 g/mol. The van der Waals surface area contributed by atoms with Crippen molar-refractivity contribution in [3.05, 3.63) is 34.9 Å². The highest BCUT2D eigenvalue weighted by molar-refractivity contribution is 7.10. The molecule has 4 heterocycles. The summed E-state index contributed by atoms with van der Waals surface area (Å²) in [5.41, 5.74) is 2.97. The van der Waals surface area contributed by atoms with Crippen molar-refractivity contribution in [2.75, 3.05) is 13.1 Å². The number of piperidine rings is 1. The fourth-order valence-corrected chi connectivity index (χ4v) is 4.18. The number of H-pyrrole nitrogens is 1. The molecule has 4 rings (SSSR count). The van der Waals surface area contributed by atoms with Gasteiger partial charge in [0.2, 0.25) is 5.91 Å². The minimum absolute atomic E-state index is 0.161. The van der Waals surface area contributed by atoms with E-state index in [1.54, 1.807) is 24.5 Å². The molecule has 6 heteroatoms. The summed E-state index contributed by atoms with van der Waals surface area (Å²) in [6, 6.07) is 4.00. The van der Waals surface area contributed by atoms with Crippen molar-refractivity contribution in [3.8, 4) is 11.3 Å². The standard InChI is InChI=1S/C17H18N4OS/c1-11(22)21-7-3-4-12(9-21)17-20-15(10-23-17)14-8-19-16-13(14)5-2-6-18-16/h2,5-6,8,10,12H,3-4,7,9H2,1H3,(H,18,19)/t12-/m1/s1. The van der Waals surface area contributed by atoms with Gasteiger partial charge in [0.25, 0.3) is 0 Å². The van der Waals surface area contributed by atoms with Gasteiger partial charge in [0, 0.05) is 54.7 Å². The van der Waals surface area contributed by atoms with Crippen LogP contribution in [0.4, 0.5) is 0 Å². The Labute approximate surface area is 138 Å². The molecule has 23 heavy (non-hydrogen) atoms. The first-order chi connectivity index (χ1) is 11.2. The normalized spacial score (nSPS) is 18.5. The quantitative estimate of drug-likeness (QED) is 0.785. The number of hydrogen-bond donors (Lipinski definition) is 1. The van der Waals surface area contributed by atoms with Gasteiger partial charge in [0.1, 0.15) is 5.65 Å². The molecule has 1 fully saturated rings. The molecule has 0 aliphatic carbocycles. The largest absolute Gasteiger partial charge is 0.345 e. The lowest BCUT2D eigenvalue weighted by Crippen LogP contribution is -2.37. The van der Waals surface area contributed by atoms with Crippen LogP contribution in [0.5, 0.6) is 0 Å². The smallest absolute Gasteiger partial charge is 0.219 e. The van der Waals surface area contributed by atoms with Crippen LogP contribution in [0.3, 0.4) is 0 Å². The van der Waals surface area contributed by atoms with Gasteiger partial charge in [0.05, 0.1) is 10.7 Å². The van der Waals surface area contributed by atoms with Gasteiger partial charge >= 0.3 is 0 Å². The number of nitrogens with zero attached hydrogens (tertiary/aromatic N) is 3. The van der Waals surface area contributed by atoms with Gasteiger partial charge in [-0.15, -0.1) is 11.3 Å². The molecule has 5 nitrogen and oxygen atoms in total. The third kappa shape index (κ3) is 2.63. The fourth-order valence-electron chi connectivity index (χ4n) is 3.23. The summed E-state index contributed by atoms with van der Waals surface area (Å²) in [6.45, 7) is 3.31. The number of hydrogen-bond acceptors (Lipinski definition) is 4. The fraction of sp³-hybridized carbons (Fsp3) is 0.353. The van der Waals surface area contributed by atoms with E-state index in [1.165, 1.54) is 0 Å². The summed E-state index contributed by atoms with van der Waals surface area (Å²) in [6.07, 6.45) is 5.91. The molecule has 0 unspecified atom stereocenters. The van der Waals surface area contributed by atoms with Crippen molar-refractivity contribution in [1.82, 2.24) is 19.9 Å². The summed E-state index contributed by atoms with van der Waals surface area (Å²) in [5, 5.41) is 4.33. The van der Waals surface area contributed by atoms with Crippen molar-refractivity contribution in [2.45, 2.75) is 25.7 Å². The molecule has 0 aromatic carbocycles. The van der Waals surface area contributed by atoms with E-state index in [-0.39, 0.29) is 5.91 Å². The van der Waals surface area contributed by atoms with E-state index in [0.717, 1.165) is 53.2 Å². The van der Waals surface area contributed by atoms with Crippen LogP contribution >= 0.6 is 11.3 Å². The Morgan fingerprint density at radius 3 is 3.26 bits per heavy atom. The molecule has 1 amide bonds. The average molecular weight is 326 g/mol.